The van der Waals surface area contributed by atoms with Crippen LogP contribution in [-0.2, 0) is 26.1 Å². The van der Waals surface area contributed by atoms with E-state index in [-0.39, 0.29) is 0 Å². The molecule has 0 saturated carbocycles. The van der Waals surface area contributed by atoms with Crippen LogP contribution in [0.25, 0.3) is 10.2 Å². The highest BCUT2D eigenvalue weighted by atomic mass is 32.1. The fourth-order valence-electron chi connectivity index (χ4n) is 3.15. The van der Waals surface area contributed by atoms with Crippen LogP contribution in [0.1, 0.15) is 21.7 Å². The molecule has 22 heavy (non-hydrogen) atoms. The van der Waals surface area contributed by atoms with Gasteiger partial charge in [0.2, 0.25) is 0 Å². The summed E-state index contributed by atoms with van der Waals surface area (Å²) in [6.07, 6.45) is 1.15. The number of thiazole rings is 1. The second-order valence-corrected chi connectivity index (χ2v) is 6.96. The predicted octanol–water partition coefficient (Wildman–Crippen LogP) is 3.31. The summed E-state index contributed by atoms with van der Waals surface area (Å²) in [7, 11) is 0. The molecule has 0 aliphatic carbocycles. The molecule has 0 amide bonds. The highest BCUT2D eigenvalue weighted by molar-refractivity contribution is 7.18. The smallest absolute Gasteiger partial charge is 0.107 e. The first-order chi connectivity index (χ1) is 10.8. The molecule has 3 aromatic rings. The van der Waals surface area contributed by atoms with E-state index in [4.69, 9.17) is 5.73 Å². The molecule has 2 heterocycles. The zero-order chi connectivity index (χ0) is 14.9. The predicted molar refractivity (Wildman–Crippen MR) is 91.8 cm³/mol. The van der Waals surface area contributed by atoms with Crippen molar-refractivity contribution in [3.05, 3.63) is 64.2 Å². The molecule has 3 nitrogen and oxygen atoms in total. The Hall–Kier alpha value is -1.75. The van der Waals surface area contributed by atoms with Crippen molar-refractivity contribution in [2.24, 2.45) is 5.73 Å². The summed E-state index contributed by atoms with van der Waals surface area (Å²) in [4.78, 5) is 7.05. The van der Waals surface area contributed by atoms with Crippen LogP contribution < -0.4 is 5.73 Å². The fraction of sp³-hybridized carbons (Fsp3) is 0.278. The fourth-order valence-corrected chi connectivity index (χ4v) is 4.06. The molecule has 0 saturated heterocycles. The first-order valence-electron chi connectivity index (χ1n) is 7.69. The lowest BCUT2D eigenvalue weighted by atomic mass is 9.99. The van der Waals surface area contributed by atoms with Crippen molar-refractivity contribution in [3.63, 3.8) is 0 Å². The van der Waals surface area contributed by atoms with Gasteiger partial charge in [-0.15, -0.1) is 11.3 Å². The number of hydrogen-bond acceptors (Lipinski definition) is 4. The number of benzene rings is 2. The van der Waals surface area contributed by atoms with Crippen molar-refractivity contribution in [1.29, 1.82) is 0 Å². The van der Waals surface area contributed by atoms with Crippen LogP contribution in [0.15, 0.2) is 42.5 Å². The Morgan fingerprint density at radius 3 is 2.86 bits per heavy atom. The van der Waals surface area contributed by atoms with Crippen molar-refractivity contribution in [2.45, 2.75) is 26.1 Å². The van der Waals surface area contributed by atoms with Crippen LogP contribution in [0.5, 0.6) is 0 Å². The molecule has 4 rings (SSSR count). The maximum absolute atomic E-state index is 5.69. The van der Waals surface area contributed by atoms with Crippen LogP contribution in [0.4, 0.5) is 0 Å². The molecule has 0 atom stereocenters. The summed E-state index contributed by atoms with van der Waals surface area (Å²) in [5.41, 5.74) is 11.1. The molecule has 0 spiro atoms. The second-order valence-electron chi connectivity index (χ2n) is 5.84. The van der Waals surface area contributed by atoms with Crippen LogP contribution >= 0.6 is 11.3 Å². The molecule has 1 aromatic heterocycles. The van der Waals surface area contributed by atoms with E-state index < -0.39 is 0 Å². The molecule has 0 bridgehead atoms. The largest absolute Gasteiger partial charge is 0.325 e. The lowest BCUT2D eigenvalue weighted by molar-refractivity contribution is 0.245. The van der Waals surface area contributed by atoms with E-state index in [1.54, 1.807) is 11.3 Å². The van der Waals surface area contributed by atoms with Crippen molar-refractivity contribution in [2.75, 3.05) is 6.54 Å². The maximum atomic E-state index is 5.69. The van der Waals surface area contributed by atoms with Crippen molar-refractivity contribution in [1.82, 2.24) is 9.88 Å². The molecule has 112 valence electrons. The summed E-state index contributed by atoms with van der Waals surface area (Å²) in [5.74, 6) is 0. The van der Waals surface area contributed by atoms with E-state index in [2.05, 4.69) is 52.3 Å². The summed E-state index contributed by atoms with van der Waals surface area (Å²) in [6, 6.07) is 15.4. The van der Waals surface area contributed by atoms with E-state index in [0.29, 0.717) is 6.54 Å². The Labute approximate surface area is 134 Å². The molecule has 4 heteroatoms. The first kappa shape index (κ1) is 13.9. The third-order valence-corrected chi connectivity index (χ3v) is 5.33. The number of aromatic nitrogens is 1. The number of rotatable bonds is 3. The van der Waals surface area contributed by atoms with Gasteiger partial charge in [0.15, 0.2) is 0 Å². The minimum atomic E-state index is 0.525. The molecule has 0 radical (unpaired) electrons. The van der Waals surface area contributed by atoms with Crippen LogP contribution in [0, 0.1) is 0 Å². The summed E-state index contributed by atoms with van der Waals surface area (Å²) >= 11 is 1.71. The van der Waals surface area contributed by atoms with E-state index >= 15 is 0 Å². The number of nitrogens with two attached hydrogens (primary N) is 1. The number of nitrogens with zero attached hydrogens (tertiary/aromatic N) is 2. The van der Waals surface area contributed by atoms with E-state index in [9.17, 15) is 0 Å². The van der Waals surface area contributed by atoms with Gasteiger partial charge in [-0.3, -0.25) is 4.90 Å². The van der Waals surface area contributed by atoms with Gasteiger partial charge in [0.05, 0.1) is 10.2 Å². The molecular weight excluding hydrogens is 290 g/mol. The van der Waals surface area contributed by atoms with E-state index in [0.717, 1.165) is 36.6 Å². The van der Waals surface area contributed by atoms with Gasteiger partial charge in [-0.25, -0.2) is 4.98 Å². The number of hydrogen-bond donors (Lipinski definition) is 1. The minimum Gasteiger partial charge on any atom is -0.325 e. The Kier molecular flexibility index (Phi) is 3.66. The summed E-state index contributed by atoms with van der Waals surface area (Å²) < 4.78 is 1.25. The second kappa shape index (κ2) is 5.80. The molecule has 2 N–H and O–H groups in total. The van der Waals surface area contributed by atoms with Crippen molar-refractivity contribution in [3.8, 4) is 0 Å². The Bertz CT molecular complexity index is 809. The van der Waals surface area contributed by atoms with Crippen molar-refractivity contribution >= 4 is 21.6 Å². The molecule has 0 unspecified atom stereocenters. The Morgan fingerprint density at radius 2 is 2.00 bits per heavy atom. The van der Waals surface area contributed by atoms with Crippen LogP contribution in [-0.4, -0.2) is 16.4 Å². The molecular formula is C18H19N3S. The average Bonchev–Trinajstić information content (AvgIpc) is 2.97. The lowest BCUT2D eigenvalue weighted by Crippen LogP contribution is -2.29. The monoisotopic (exact) mass is 309 g/mol. The van der Waals surface area contributed by atoms with Crippen LogP contribution in [0.3, 0.4) is 0 Å². The summed E-state index contributed by atoms with van der Waals surface area (Å²) in [5, 5.41) is 1.01. The van der Waals surface area contributed by atoms with E-state index in [1.165, 1.54) is 21.4 Å². The van der Waals surface area contributed by atoms with Gasteiger partial charge < -0.3 is 5.73 Å². The zero-order valence-electron chi connectivity index (χ0n) is 12.5. The standard InChI is InChI=1S/C18H19N3S/c19-10-18-20-16-6-5-13(9-17(16)22-18)11-21-8-7-14-3-1-2-4-15(14)12-21/h1-6,9H,7-8,10-12,19H2. The third-order valence-electron chi connectivity index (χ3n) is 4.29. The number of fused-ring (bicyclic) bond motifs is 2. The quantitative estimate of drug-likeness (QED) is 0.807. The normalized spacial score (nSPS) is 15.1. The Balaban J connectivity index is 1.54. The van der Waals surface area contributed by atoms with Crippen LogP contribution in [0.2, 0.25) is 0 Å². The SMILES string of the molecule is NCc1nc2ccc(CN3CCc4ccccc4C3)cc2s1. The molecule has 2 aromatic carbocycles. The van der Waals surface area contributed by atoms with Gasteiger partial charge in [-0.05, 0) is 35.2 Å². The molecule has 1 aliphatic rings. The molecule has 1 aliphatic heterocycles. The van der Waals surface area contributed by atoms with Gasteiger partial charge in [-0.2, -0.15) is 0 Å². The van der Waals surface area contributed by atoms with Gasteiger partial charge >= 0.3 is 0 Å². The summed E-state index contributed by atoms with van der Waals surface area (Å²) in [6.45, 7) is 3.70. The highest BCUT2D eigenvalue weighted by Crippen LogP contribution is 2.25. The van der Waals surface area contributed by atoms with Crippen molar-refractivity contribution < 1.29 is 0 Å². The average molecular weight is 309 g/mol. The highest BCUT2D eigenvalue weighted by Gasteiger charge is 2.16. The first-order valence-corrected chi connectivity index (χ1v) is 8.51. The van der Waals surface area contributed by atoms with Gasteiger partial charge in [0.1, 0.15) is 5.01 Å². The lowest BCUT2D eigenvalue weighted by Gasteiger charge is -2.28. The maximum Gasteiger partial charge on any atom is 0.107 e. The van der Waals surface area contributed by atoms with E-state index in [1.807, 2.05) is 0 Å². The molecule has 0 fully saturated rings. The topological polar surface area (TPSA) is 42.1 Å². The van der Waals surface area contributed by atoms with Gasteiger partial charge in [-0.1, -0.05) is 30.3 Å². The minimum absolute atomic E-state index is 0.525. The van der Waals surface area contributed by atoms with Gasteiger partial charge in [0, 0.05) is 26.2 Å². The zero-order valence-corrected chi connectivity index (χ0v) is 13.3. The Morgan fingerprint density at radius 1 is 1.14 bits per heavy atom. The van der Waals surface area contributed by atoms with Gasteiger partial charge in [0.25, 0.3) is 0 Å². The third kappa shape index (κ3) is 2.65.